The van der Waals surface area contributed by atoms with E-state index in [9.17, 15) is 9.59 Å². The molecule has 0 saturated carbocycles. The fraction of sp³-hybridized carbons (Fsp3) is 0.350. The van der Waals surface area contributed by atoms with E-state index in [0.29, 0.717) is 38.2 Å². The van der Waals surface area contributed by atoms with Gasteiger partial charge in [0.05, 0.1) is 25.2 Å². The summed E-state index contributed by atoms with van der Waals surface area (Å²) in [4.78, 5) is 30.0. The smallest absolute Gasteiger partial charge is 0.252 e. The zero-order valence-electron chi connectivity index (χ0n) is 15.4. The van der Waals surface area contributed by atoms with Crippen LogP contribution in [0.5, 0.6) is 0 Å². The number of hydrogen-bond donors (Lipinski definition) is 1. The van der Waals surface area contributed by atoms with E-state index >= 15 is 0 Å². The number of anilines is 1. The first-order valence-electron chi connectivity index (χ1n) is 9.05. The third kappa shape index (κ3) is 3.55. The first-order valence-corrected chi connectivity index (χ1v) is 9.84. The van der Waals surface area contributed by atoms with Gasteiger partial charge in [0.2, 0.25) is 5.91 Å². The van der Waals surface area contributed by atoms with Crippen molar-refractivity contribution in [3.05, 3.63) is 57.8 Å². The highest BCUT2D eigenvalue weighted by atomic mass is 79.9. The molecular formula is C20H20BrN3O4. The largest absolute Gasteiger partial charge is 0.352 e. The molecule has 2 aliphatic heterocycles. The van der Waals surface area contributed by atoms with E-state index in [2.05, 4.69) is 26.2 Å². The highest BCUT2D eigenvalue weighted by Gasteiger charge is 2.39. The molecule has 1 aromatic heterocycles. The number of ether oxygens (including phenoxy) is 2. The Labute approximate surface area is 171 Å². The number of halogens is 1. The molecule has 0 bridgehead atoms. The lowest BCUT2D eigenvalue weighted by Crippen LogP contribution is -2.34. The van der Waals surface area contributed by atoms with Crippen molar-refractivity contribution in [2.45, 2.75) is 18.6 Å². The van der Waals surface area contributed by atoms with Crippen LogP contribution in [0.3, 0.4) is 0 Å². The van der Waals surface area contributed by atoms with Crippen LogP contribution in [0.4, 0.5) is 5.69 Å². The lowest BCUT2D eigenvalue weighted by Gasteiger charge is -2.28. The van der Waals surface area contributed by atoms with Crippen LogP contribution in [0.15, 0.2) is 41.1 Å². The molecule has 8 heteroatoms. The van der Waals surface area contributed by atoms with Crippen molar-refractivity contribution >= 4 is 33.4 Å². The van der Waals surface area contributed by atoms with E-state index < -0.39 is 5.79 Å². The van der Waals surface area contributed by atoms with Crippen molar-refractivity contribution in [2.24, 2.45) is 0 Å². The summed E-state index contributed by atoms with van der Waals surface area (Å²) in [6, 6.07) is 7.55. The van der Waals surface area contributed by atoms with E-state index in [1.165, 1.54) is 6.20 Å². The number of benzene rings is 1. The summed E-state index contributed by atoms with van der Waals surface area (Å²) >= 11 is 3.31. The number of rotatable bonds is 5. The quantitative estimate of drug-likeness (QED) is 0.763. The fourth-order valence-electron chi connectivity index (χ4n) is 3.60. The molecule has 146 valence electrons. The molecule has 0 unspecified atom stereocenters. The number of nitrogens with one attached hydrogen (secondary N) is 1. The number of fused-ring (bicyclic) bond motifs is 1. The Hall–Kier alpha value is -2.29. The Balaban J connectivity index is 1.48. The van der Waals surface area contributed by atoms with Gasteiger partial charge in [-0.3, -0.25) is 14.6 Å². The summed E-state index contributed by atoms with van der Waals surface area (Å²) < 4.78 is 12.7. The van der Waals surface area contributed by atoms with Gasteiger partial charge >= 0.3 is 0 Å². The Kier molecular flexibility index (Phi) is 5.18. The van der Waals surface area contributed by atoms with Gasteiger partial charge < -0.3 is 19.7 Å². The third-order valence-electron chi connectivity index (χ3n) is 5.06. The van der Waals surface area contributed by atoms with Gasteiger partial charge in [-0.2, -0.15) is 0 Å². The van der Waals surface area contributed by atoms with Crippen molar-refractivity contribution in [3.63, 3.8) is 0 Å². The van der Waals surface area contributed by atoms with Gasteiger partial charge in [-0.05, 0) is 39.7 Å². The first kappa shape index (κ1) is 19.0. The Morgan fingerprint density at radius 1 is 1.29 bits per heavy atom. The molecule has 2 amide bonds. The van der Waals surface area contributed by atoms with Crippen LogP contribution in [0.2, 0.25) is 0 Å². The van der Waals surface area contributed by atoms with Crippen LogP contribution in [0.1, 0.15) is 27.9 Å². The minimum Gasteiger partial charge on any atom is -0.352 e. The number of amides is 2. The van der Waals surface area contributed by atoms with Crippen LogP contribution in [0.25, 0.3) is 0 Å². The molecule has 4 rings (SSSR count). The Bertz CT molecular complexity index is 927. The predicted octanol–water partition coefficient (Wildman–Crippen LogP) is 2.38. The van der Waals surface area contributed by atoms with Crippen molar-refractivity contribution in [2.75, 3.05) is 31.7 Å². The summed E-state index contributed by atoms with van der Waals surface area (Å²) in [5, 5.41) is 2.89. The summed E-state index contributed by atoms with van der Waals surface area (Å²) in [7, 11) is 1.78. The lowest BCUT2D eigenvalue weighted by atomic mass is 9.98. The molecule has 0 aliphatic carbocycles. The molecule has 1 N–H and O–H groups in total. The third-order valence-corrected chi connectivity index (χ3v) is 5.49. The second kappa shape index (κ2) is 7.62. The SMILES string of the molecule is CN1C(=O)Cc2cc(C3(CCNC(=O)c4cncc(Br)c4)OCCO3)ccc21. The second-order valence-corrected chi connectivity index (χ2v) is 7.74. The van der Waals surface area contributed by atoms with E-state index in [1.807, 2.05) is 18.2 Å². The Morgan fingerprint density at radius 3 is 2.82 bits per heavy atom. The summed E-state index contributed by atoms with van der Waals surface area (Å²) in [6.07, 6.45) is 3.99. The van der Waals surface area contributed by atoms with E-state index in [1.54, 1.807) is 24.2 Å². The molecular weight excluding hydrogens is 426 g/mol. The number of carbonyl (C=O) groups is 2. The maximum absolute atomic E-state index is 12.3. The fourth-order valence-corrected chi connectivity index (χ4v) is 3.96. The van der Waals surface area contributed by atoms with Crippen LogP contribution in [-0.4, -0.2) is 43.6 Å². The highest BCUT2D eigenvalue weighted by molar-refractivity contribution is 9.10. The van der Waals surface area contributed by atoms with Gasteiger partial charge in [-0.15, -0.1) is 0 Å². The number of pyridine rings is 1. The molecule has 2 aromatic rings. The first-order chi connectivity index (χ1) is 13.5. The van der Waals surface area contributed by atoms with Gasteiger partial charge in [0, 0.05) is 48.1 Å². The van der Waals surface area contributed by atoms with Crippen LogP contribution in [-0.2, 0) is 26.5 Å². The number of hydrogen-bond acceptors (Lipinski definition) is 5. The summed E-state index contributed by atoms with van der Waals surface area (Å²) in [5.74, 6) is -1.05. The summed E-state index contributed by atoms with van der Waals surface area (Å²) in [6.45, 7) is 1.35. The molecule has 0 atom stereocenters. The minimum atomic E-state index is -0.915. The average Bonchev–Trinajstić information content (AvgIpc) is 3.27. The number of aromatic nitrogens is 1. The lowest BCUT2D eigenvalue weighted by molar-refractivity contribution is -0.169. The minimum absolute atomic E-state index is 0.0735. The molecule has 28 heavy (non-hydrogen) atoms. The molecule has 0 spiro atoms. The maximum atomic E-state index is 12.3. The zero-order valence-corrected chi connectivity index (χ0v) is 17.0. The van der Waals surface area contributed by atoms with E-state index in [-0.39, 0.29) is 11.8 Å². The van der Waals surface area contributed by atoms with Crippen LogP contribution >= 0.6 is 15.9 Å². The topological polar surface area (TPSA) is 80.8 Å². The predicted molar refractivity (Wildman–Crippen MR) is 106 cm³/mol. The maximum Gasteiger partial charge on any atom is 0.252 e. The molecule has 2 aliphatic rings. The number of nitrogens with zero attached hydrogens (tertiary/aromatic N) is 2. The van der Waals surface area contributed by atoms with Crippen molar-refractivity contribution in [1.82, 2.24) is 10.3 Å². The normalized spacial score (nSPS) is 17.6. The molecule has 1 aromatic carbocycles. The average molecular weight is 446 g/mol. The monoisotopic (exact) mass is 445 g/mol. The van der Waals surface area contributed by atoms with Gasteiger partial charge in [-0.25, -0.2) is 0 Å². The molecule has 0 radical (unpaired) electrons. The van der Waals surface area contributed by atoms with Gasteiger partial charge in [0.15, 0.2) is 5.79 Å². The summed E-state index contributed by atoms with van der Waals surface area (Å²) in [5.41, 5.74) is 3.23. The van der Waals surface area contributed by atoms with Crippen molar-refractivity contribution in [3.8, 4) is 0 Å². The zero-order chi connectivity index (χ0) is 19.7. The van der Waals surface area contributed by atoms with Crippen LogP contribution < -0.4 is 10.2 Å². The van der Waals surface area contributed by atoms with E-state index in [4.69, 9.17) is 9.47 Å². The van der Waals surface area contributed by atoms with E-state index in [0.717, 1.165) is 21.3 Å². The second-order valence-electron chi connectivity index (χ2n) is 6.82. The van der Waals surface area contributed by atoms with Gasteiger partial charge in [-0.1, -0.05) is 6.07 Å². The van der Waals surface area contributed by atoms with Gasteiger partial charge in [0.1, 0.15) is 0 Å². The molecule has 7 nitrogen and oxygen atoms in total. The van der Waals surface area contributed by atoms with Gasteiger partial charge in [0.25, 0.3) is 5.91 Å². The van der Waals surface area contributed by atoms with Crippen LogP contribution in [0, 0.1) is 0 Å². The highest BCUT2D eigenvalue weighted by Crippen LogP contribution is 2.38. The molecule has 1 saturated heterocycles. The standard InChI is InChI=1S/C20H20BrN3O4/c1-24-17-3-2-15(8-13(17)10-18(24)25)20(27-6-7-28-20)4-5-23-19(26)14-9-16(21)12-22-11-14/h2-3,8-9,11-12H,4-7,10H2,1H3,(H,23,26). The molecule has 1 fully saturated rings. The number of likely N-dealkylation sites (N-methyl/N-ethyl adjacent to an activating group) is 1. The Morgan fingerprint density at radius 2 is 2.07 bits per heavy atom. The van der Waals surface area contributed by atoms with Crippen molar-refractivity contribution in [1.29, 1.82) is 0 Å². The van der Waals surface area contributed by atoms with Crippen molar-refractivity contribution < 1.29 is 19.1 Å². The molecule has 3 heterocycles. The number of carbonyl (C=O) groups excluding carboxylic acids is 2.